The van der Waals surface area contributed by atoms with Gasteiger partial charge in [-0.05, 0) is 30.3 Å². The van der Waals surface area contributed by atoms with E-state index < -0.39 is 11.7 Å². The van der Waals surface area contributed by atoms with Crippen molar-refractivity contribution in [1.29, 1.82) is 0 Å². The van der Waals surface area contributed by atoms with E-state index in [1.54, 1.807) is 53.8 Å². The van der Waals surface area contributed by atoms with E-state index in [9.17, 15) is 9.18 Å². The molecule has 0 atom stereocenters. The highest BCUT2D eigenvalue weighted by Crippen LogP contribution is 2.34. The number of amides is 1. The number of carbonyl (C=O) groups is 1. The van der Waals surface area contributed by atoms with Crippen molar-refractivity contribution in [1.82, 2.24) is 19.5 Å². The summed E-state index contributed by atoms with van der Waals surface area (Å²) in [7, 11) is 0. The number of hydrogen-bond acceptors (Lipinski definition) is 7. The summed E-state index contributed by atoms with van der Waals surface area (Å²) in [6.45, 7) is 2.43. The Hall–Kier alpha value is -4.83. The second-order valence-electron chi connectivity index (χ2n) is 8.68. The van der Waals surface area contributed by atoms with Crippen LogP contribution in [0.5, 0.6) is 11.6 Å². The molecule has 10 heteroatoms. The van der Waals surface area contributed by atoms with Crippen LogP contribution in [-0.4, -0.2) is 51.7 Å². The Kier molecular flexibility index (Phi) is 6.37. The minimum absolute atomic E-state index is 0.240. The first-order valence-corrected chi connectivity index (χ1v) is 12.1. The average molecular weight is 511 g/mol. The summed E-state index contributed by atoms with van der Waals surface area (Å²) in [4.78, 5) is 27.9. The van der Waals surface area contributed by atoms with E-state index in [1.165, 1.54) is 12.1 Å². The van der Waals surface area contributed by atoms with E-state index in [1.807, 2.05) is 29.2 Å². The zero-order chi connectivity index (χ0) is 25.9. The van der Waals surface area contributed by atoms with Crippen LogP contribution in [0.3, 0.4) is 0 Å². The number of morpholine rings is 1. The molecule has 1 amide bonds. The second kappa shape index (κ2) is 10.3. The molecule has 0 radical (unpaired) electrons. The van der Waals surface area contributed by atoms with Gasteiger partial charge in [-0.15, -0.1) is 0 Å². The number of rotatable bonds is 6. The smallest absolute Gasteiger partial charge is 0.255 e. The van der Waals surface area contributed by atoms with E-state index in [4.69, 9.17) is 9.47 Å². The number of halogens is 1. The van der Waals surface area contributed by atoms with Crippen LogP contribution in [0.25, 0.3) is 16.7 Å². The third-order valence-electron chi connectivity index (χ3n) is 6.22. The molecular weight excluding hydrogens is 487 g/mol. The van der Waals surface area contributed by atoms with Crippen molar-refractivity contribution in [2.45, 2.75) is 0 Å². The van der Waals surface area contributed by atoms with Crippen LogP contribution >= 0.6 is 0 Å². The molecule has 3 aromatic carbocycles. The molecule has 1 aliphatic heterocycles. The number of fused-ring (bicyclic) bond motifs is 1. The molecular formula is C28H23FN6O3. The summed E-state index contributed by atoms with van der Waals surface area (Å²) in [6.07, 6.45) is 6.60. The van der Waals surface area contributed by atoms with Crippen molar-refractivity contribution in [3.63, 3.8) is 0 Å². The summed E-state index contributed by atoms with van der Waals surface area (Å²) in [6, 6.07) is 17.1. The third-order valence-corrected chi connectivity index (χ3v) is 6.22. The topological polar surface area (TPSA) is 94.4 Å². The SMILES string of the molecule is O=C(Nc1ccc(Oc2ccnc(-n3ccnc3)n2)c2ccccc12)c1cc(F)cc(N2CCOCC2)c1. The predicted molar refractivity (Wildman–Crippen MR) is 141 cm³/mol. The lowest BCUT2D eigenvalue weighted by Gasteiger charge is -2.29. The lowest BCUT2D eigenvalue weighted by atomic mass is 10.1. The van der Waals surface area contributed by atoms with Gasteiger partial charge in [-0.2, -0.15) is 4.98 Å². The molecule has 1 fully saturated rings. The van der Waals surface area contributed by atoms with E-state index in [0.29, 0.717) is 55.3 Å². The van der Waals surface area contributed by atoms with Crippen LogP contribution in [0.4, 0.5) is 15.8 Å². The normalized spacial score (nSPS) is 13.4. The summed E-state index contributed by atoms with van der Waals surface area (Å²) < 4.78 is 27.6. The Labute approximate surface area is 217 Å². The first kappa shape index (κ1) is 23.6. The van der Waals surface area contributed by atoms with Gasteiger partial charge in [0.05, 0.1) is 13.2 Å². The first-order valence-electron chi connectivity index (χ1n) is 12.1. The Balaban J connectivity index is 1.27. The van der Waals surface area contributed by atoms with Crippen LogP contribution in [0.15, 0.2) is 85.6 Å². The van der Waals surface area contributed by atoms with Crippen molar-refractivity contribution < 1.29 is 18.7 Å². The van der Waals surface area contributed by atoms with Gasteiger partial charge in [0.25, 0.3) is 5.91 Å². The number of imidazole rings is 1. The molecule has 1 saturated heterocycles. The standard InChI is InChI=1S/C28H23FN6O3/c29-20-15-19(16-21(17-20)34-11-13-37-14-12-34)27(36)32-24-5-6-25(23-4-2-1-3-22(23)24)38-26-7-8-31-28(33-26)35-10-9-30-18-35/h1-10,15-18H,11-14H2,(H,32,36). The van der Waals surface area contributed by atoms with E-state index in [2.05, 4.69) is 20.3 Å². The van der Waals surface area contributed by atoms with Crippen molar-refractivity contribution in [3.8, 4) is 17.6 Å². The summed E-state index contributed by atoms with van der Waals surface area (Å²) in [5, 5.41) is 4.49. The minimum atomic E-state index is -0.465. The number of hydrogen-bond donors (Lipinski definition) is 1. The fourth-order valence-corrected chi connectivity index (χ4v) is 4.38. The number of carbonyl (C=O) groups excluding carboxylic acids is 1. The predicted octanol–water partition coefficient (Wildman–Crippen LogP) is 4.84. The van der Waals surface area contributed by atoms with Crippen LogP contribution in [0, 0.1) is 5.82 Å². The molecule has 0 bridgehead atoms. The van der Waals surface area contributed by atoms with E-state index in [-0.39, 0.29) is 5.56 Å². The quantitative estimate of drug-likeness (QED) is 0.349. The lowest BCUT2D eigenvalue weighted by Crippen LogP contribution is -2.36. The Bertz CT molecular complexity index is 1600. The summed E-state index contributed by atoms with van der Waals surface area (Å²) in [5.41, 5.74) is 1.48. The van der Waals surface area contributed by atoms with E-state index in [0.717, 1.165) is 10.8 Å². The van der Waals surface area contributed by atoms with Gasteiger partial charge in [0.15, 0.2) is 0 Å². The van der Waals surface area contributed by atoms with Gasteiger partial charge >= 0.3 is 0 Å². The minimum Gasteiger partial charge on any atom is -0.438 e. The molecule has 3 heterocycles. The molecule has 0 spiro atoms. The van der Waals surface area contributed by atoms with Crippen molar-refractivity contribution in [2.24, 2.45) is 0 Å². The Morgan fingerprint density at radius 2 is 1.84 bits per heavy atom. The number of nitrogens with one attached hydrogen (secondary N) is 1. The fraction of sp³-hybridized carbons (Fsp3) is 0.143. The molecule has 38 heavy (non-hydrogen) atoms. The highest BCUT2D eigenvalue weighted by molar-refractivity contribution is 6.10. The highest BCUT2D eigenvalue weighted by atomic mass is 19.1. The van der Waals surface area contributed by atoms with Crippen molar-refractivity contribution >= 4 is 28.1 Å². The Morgan fingerprint density at radius 1 is 1.00 bits per heavy atom. The maximum Gasteiger partial charge on any atom is 0.255 e. The second-order valence-corrected chi connectivity index (χ2v) is 8.68. The first-order chi connectivity index (χ1) is 18.6. The van der Waals surface area contributed by atoms with Crippen LogP contribution in [0.2, 0.25) is 0 Å². The van der Waals surface area contributed by atoms with Gasteiger partial charge in [0, 0.05) is 65.5 Å². The molecule has 2 aromatic heterocycles. The zero-order valence-corrected chi connectivity index (χ0v) is 20.3. The molecule has 190 valence electrons. The summed E-state index contributed by atoms with van der Waals surface area (Å²) in [5.74, 6) is 0.487. The molecule has 6 rings (SSSR count). The Morgan fingerprint density at radius 3 is 2.66 bits per heavy atom. The van der Waals surface area contributed by atoms with Crippen molar-refractivity contribution in [2.75, 3.05) is 36.5 Å². The number of aromatic nitrogens is 4. The van der Waals surface area contributed by atoms with Gasteiger partial charge in [-0.25, -0.2) is 14.4 Å². The third kappa shape index (κ3) is 4.89. The van der Waals surface area contributed by atoms with Gasteiger partial charge in [-0.3, -0.25) is 9.36 Å². The average Bonchev–Trinajstić information content (AvgIpc) is 3.50. The molecule has 0 unspecified atom stereocenters. The number of anilines is 2. The molecule has 0 saturated carbocycles. The van der Waals surface area contributed by atoms with Crippen LogP contribution in [0.1, 0.15) is 10.4 Å². The van der Waals surface area contributed by atoms with Crippen LogP contribution in [-0.2, 0) is 4.74 Å². The monoisotopic (exact) mass is 510 g/mol. The number of nitrogens with zero attached hydrogens (tertiary/aromatic N) is 5. The highest BCUT2D eigenvalue weighted by Gasteiger charge is 2.17. The molecule has 1 aliphatic rings. The van der Waals surface area contributed by atoms with Crippen molar-refractivity contribution in [3.05, 3.63) is 97.0 Å². The fourth-order valence-electron chi connectivity index (χ4n) is 4.38. The number of benzene rings is 3. The maximum atomic E-state index is 14.4. The van der Waals surface area contributed by atoms with Gasteiger partial charge in [0.1, 0.15) is 17.9 Å². The summed E-state index contributed by atoms with van der Waals surface area (Å²) >= 11 is 0. The molecule has 9 nitrogen and oxygen atoms in total. The van der Waals surface area contributed by atoms with Crippen LogP contribution < -0.4 is 15.0 Å². The zero-order valence-electron chi connectivity index (χ0n) is 20.3. The lowest BCUT2D eigenvalue weighted by molar-refractivity contribution is 0.102. The van der Waals surface area contributed by atoms with E-state index >= 15 is 0 Å². The largest absolute Gasteiger partial charge is 0.438 e. The number of ether oxygens (including phenoxy) is 2. The molecule has 1 N–H and O–H groups in total. The van der Waals surface area contributed by atoms with Gasteiger partial charge in [-0.1, -0.05) is 24.3 Å². The maximum absolute atomic E-state index is 14.4. The van der Waals surface area contributed by atoms with Gasteiger partial charge in [0.2, 0.25) is 11.8 Å². The molecule has 0 aliphatic carbocycles. The molecule has 5 aromatic rings. The van der Waals surface area contributed by atoms with Gasteiger partial charge < -0.3 is 19.7 Å².